The highest BCUT2D eigenvalue weighted by molar-refractivity contribution is 6.18. The zero-order chi connectivity index (χ0) is 20.6. The lowest BCUT2D eigenvalue weighted by Crippen LogP contribution is -2.20. The molecule has 2 aromatic carbocycles. The van der Waals surface area contributed by atoms with Gasteiger partial charge in [0, 0.05) is 12.5 Å². The molecule has 2 unspecified atom stereocenters. The van der Waals surface area contributed by atoms with Crippen LogP contribution in [0.5, 0.6) is 11.5 Å². The molecular formula is C22H28ClFO4. The number of methoxy groups -OCH3 is 1. The Morgan fingerprint density at radius 3 is 1.79 bits per heavy atom. The van der Waals surface area contributed by atoms with Crippen LogP contribution in [0.3, 0.4) is 0 Å². The molecule has 0 aliphatic heterocycles. The number of hydrogen-bond donors (Lipinski definition) is 1. The maximum absolute atomic E-state index is 13.5. The Balaban J connectivity index is 2.01. The first-order valence-electron chi connectivity index (χ1n) is 9.20. The highest BCUT2D eigenvalue weighted by Crippen LogP contribution is 2.33. The molecule has 0 amide bonds. The summed E-state index contributed by atoms with van der Waals surface area (Å²) in [7, 11) is 1.46. The number of hydrogen-bond acceptors (Lipinski definition) is 4. The van der Waals surface area contributed by atoms with E-state index >= 15 is 0 Å². The van der Waals surface area contributed by atoms with Gasteiger partial charge in [0.05, 0.1) is 12.5 Å². The second-order valence-corrected chi connectivity index (χ2v) is 7.47. The summed E-state index contributed by atoms with van der Waals surface area (Å²) in [6.45, 7) is 4.42. The normalized spacial score (nSPS) is 13.8. The Morgan fingerprint density at radius 2 is 1.36 bits per heavy atom. The SMILES string of the molecule is COCC([18F])COc1ccc(C(C)(C)c2ccc(OCC(O)CCl)cc2)cc1. The Kier molecular flexibility index (Phi) is 8.55. The summed E-state index contributed by atoms with van der Waals surface area (Å²) in [4.78, 5) is 0. The molecule has 0 saturated carbocycles. The fourth-order valence-electron chi connectivity index (χ4n) is 2.75. The van der Waals surface area contributed by atoms with Gasteiger partial charge in [-0.25, -0.2) is 4.39 Å². The molecule has 0 bridgehead atoms. The number of rotatable bonds is 11. The standard InChI is InChI=1S/C22H28ClFO4/c1-22(2,17-6-10-21(11-7-17)28-15-19(25)12-23)16-4-8-20(9-5-16)27-14-18(24)13-26-3/h4-11,18-19,25H,12-15H2,1-3H3/i24-1. The summed E-state index contributed by atoms with van der Waals surface area (Å²) in [6.07, 6.45) is -1.83. The Labute approximate surface area is 171 Å². The van der Waals surface area contributed by atoms with Crippen LogP contribution in [0.25, 0.3) is 0 Å². The topological polar surface area (TPSA) is 47.9 Å². The molecule has 0 spiro atoms. The summed E-state index contributed by atoms with van der Waals surface area (Å²) in [5.41, 5.74) is 2.00. The Hall–Kier alpha value is -1.82. The van der Waals surface area contributed by atoms with E-state index in [1.807, 2.05) is 48.5 Å². The highest BCUT2D eigenvalue weighted by Gasteiger charge is 2.23. The summed E-state index contributed by atoms with van der Waals surface area (Å²) >= 11 is 5.57. The molecule has 4 nitrogen and oxygen atoms in total. The van der Waals surface area contributed by atoms with Gasteiger partial charge < -0.3 is 19.3 Å². The Bertz CT molecular complexity index is 703. The van der Waals surface area contributed by atoms with Crippen LogP contribution >= 0.6 is 11.6 Å². The summed E-state index contributed by atoms with van der Waals surface area (Å²) < 4.78 is 29.2. The van der Waals surface area contributed by atoms with Gasteiger partial charge in [0.25, 0.3) is 0 Å². The van der Waals surface area contributed by atoms with Crippen molar-refractivity contribution in [1.29, 1.82) is 0 Å². The van der Waals surface area contributed by atoms with Gasteiger partial charge in [-0.2, -0.15) is 0 Å². The monoisotopic (exact) mass is 409 g/mol. The number of halogens is 2. The minimum atomic E-state index is -1.15. The van der Waals surface area contributed by atoms with Gasteiger partial charge in [-0.1, -0.05) is 38.1 Å². The zero-order valence-corrected chi connectivity index (χ0v) is 17.3. The number of benzene rings is 2. The van der Waals surface area contributed by atoms with Gasteiger partial charge in [0.15, 0.2) is 6.17 Å². The van der Waals surface area contributed by atoms with Crippen LogP contribution in [0.1, 0.15) is 25.0 Å². The van der Waals surface area contributed by atoms with Crippen molar-refractivity contribution in [3.8, 4) is 11.5 Å². The molecule has 0 radical (unpaired) electrons. The van der Waals surface area contributed by atoms with E-state index in [-0.39, 0.29) is 31.1 Å². The van der Waals surface area contributed by atoms with Crippen LogP contribution < -0.4 is 9.47 Å². The maximum atomic E-state index is 13.5. The van der Waals surface area contributed by atoms with Crippen molar-refractivity contribution in [3.05, 3.63) is 59.7 Å². The second-order valence-electron chi connectivity index (χ2n) is 7.16. The average Bonchev–Trinajstić information content (AvgIpc) is 2.71. The minimum absolute atomic E-state index is 0.0235. The average molecular weight is 410 g/mol. The van der Waals surface area contributed by atoms with Crippen molar-refractivity contribution in [2.45, 2.75) is 31.5 Å². The third kappa shape index (κ3) is 6.36. The van der Waals surface area contributed by atoms with Gasteiger partial charge in [0.1, 0.15) is 30.8 Å². The van der Waals surface area contributed by atoms with Crippen LogP contribution in [-0.4, -0.2) is 50.2 Å². The molecule has 6 heteroatoms. The lowest BCUT2D eigenvalue weighted by Gasteiger charge is -2.26. The lowest BCUT2D eigenvalue weighted by atomic mass is 9.78. The predicted octanol–water partition coefficient (Wildman–Crippen LogP) is 4.35. The molecule has 154 valence electrons. The van der Waals surface area contributed by atoms with E-state index in [2.05, 4.69) is 13.8 Å². The van der Waals surface area contributed by atoms with Crippen LogP contribution in [0.2, 0.25) is 0 Å². The molecule has 0 heterocycles. The van der Waals surface area contributed by atoms with E-state index in [4.69, 9.17) is 25.8 Å². The van der Waals surface area contributed by atoms with Crippen LogP contribution in [0, 0.1) is 0 Å². The van der Waals surface area contributed by atoms with Gasteiger partial charge in [-0.3, -0.25) is 0 Å². The molecule has 2 aromatic rings. The number of aliphatic hydroxyl groups excluding tert-OH is 1. The zero-order valence-electron chi connectivity index (χ0n) is 16.5. The number of ether oxygens (including phenoxy) is 3. The van der Waals surface area contributed by atoms with E-state index in [9.17, 15) is 9.50 Å². The first kappa shape index (κ1) is 22.5. The molecule has 28 heavy (non-hydrogen) atoms. The molecule has 0 aromatic heterocycles. The molecule has 2 rings (SSSR count). The third-order valence-electron chi connectivity index (χ3n) is 4.55. The van der Waals surface area contributed by atoms with Gasteiger partial charge >= 0.3 is 0 Å². The van der Waals surface area contributed by atoms with Crippen molar-refractivity contribution in [1.82, 2.24) is 0 Å². The quantitative estimate of drug-likeness (QED) is 0.560. The lowest BCUT2D eigenvalue weighted by molar-refractivity contribution is 0.0893. The fourth-order valence-corrected chi connectivity index (χ4v) is 2.84. The minimum Gasteiger partial charge on any atom is -0.491 e. The molecule has 0 fully saturated rings. The van der Waals surface area contributed by atoms with Crippen LogP contribution in [-0.2, 0) is 10.2 Å². The van der Waals surface area contributed by atoms with E-state index in [1.165, 1.54) is 7.11 Å². The van der Waals surface area contributed by atoms with Crippen molar-refractivity contribution in [3.63, 3.8) is 0 Å². The predicted molar refractivity (Wildman–Crippen MR) is 110 cm³/mol. The van der Waals surface area contributed by atoms with Gasteiger partial charge in [-0.15, -0.1) is 11.6 Å². The van der Waals surface area contributed by atoms with Gasteiger partial charge in [-0.05, 0) is 35.4 Å². The second kappa shape index (κ2) is 10.6. The molecule has 0 saturated heterocycles. The molecule has 0 aliphatic rings. The number of alkyl halides is 2. The van der Waals surface area contributed by atoms with Gasteiger partial charge in [0.2, 0.25) is 0 Å². The third-order valence-corrected chi connectivity index (χ3v) is 4.91. The van der Waals surface area contributed by atoms with E-state index in [0.717, 1.165) is 11.1 Å². The van der Waals surface area contributed by atoms with Crippen molar-refractivity contribution >= 4 is 11.6 Å². The molecule has 1 N–H and O–H groups in total. The first-order chi connectivity index (χ1) is 13.4. The van der Waals surface area contributed by atoms with Crippen molar-refractivity contribution < 1.29 is 23.7 Å². The summed E-state index contributed by atoms with van der Waals surface area (Å²) in [6, 6.07) is 15.4. The number of aliphatic hydroxyl groups is 1. The maximum Gasteiger partial charge on any atom is 0.157 e. The van der Waals surface area contributed by atoms with Crippen molar-refractivity contribution in [2.24, 2.45) is 0 Å². The Morgan fingerprint density at radius 1 is 0.893 bits per heavy atom. The highest BCUT2D eigenvalue weighted by atomic mass is 35.5. The van der Waals surface area contributed by atoms with Crippen LogP contribution in [0.15, 0.2) is 48.5 Å². The largest absolute Gasteiger partial charge is 0.491 e. The van der Waals surface area contributed by atoms with E-state index < -0.39 is 12.3 Å². The van der Waals surface area contributed by atoms with Crippen molar-refractivity contribution in [2.75, 3.05) is 32.8 Å². The van der Waals surface area contributed by atoms with E-state index in [1.54, 1.807) is 0 Å². The van der Waals surface area contributed by atoms with E-state index in [0.29, 0.717) is 11.5 Å². The first-order valence-corrected chi connectivity index (χ1v) is 9.74. The molecule has 2 atom stereocenters. The molecular weight excluding hydrogens is 382 g/mol. The molecule has 0 aliphatic carbocycles. The smallest absolute Gasteiger partial charge is 0.157 e. The summed E-state index contributed by atoms with van der Waals surface area (Å²) in [5.74, 6) is 1.45. The summed E-state index contributed by atoms with van der Waals surface area (Å²) in [5, 5.41) is 9.48. The van der Waals surface area contributed by atoms with Crippen LogP contribution in [0.4, 0.5) is 4.39 Å². The fraction of sp³-hybridized carbons (Fsp3) is 0.455.